The Hall–Kier alpha value is -1.40. The maximum absolute atomic E-state index is 11.9. The minimum Gasteiger partial charge on any atom is -0.379 e. The van der Waals surface area contributed by atoms with Gasteiger partial charge in [0.15, 0.2) is 0 Å². The zero-order chi connectivity index (χ0) is 14.5. The molecular weight excluding hydrogens is 256 g/mol. The first kappa shape index (κ1) is 15.0. The summed E-state index contributed by atoms with van der Waals surface area (Å²) in [7, 11) is 1.95. The van der Waals surface area contributed by atoms with Crippen LogP contribution in [0.3, 0.4) is 0 Å². The molecule has 6 nitrogen and oxygen atoms in total. The Morgan fingerprint density at radius 2 is 2.05 bits per heavy atom. The molecule has 2 heterocycles. The zero-order valence-electron chi connectivity index (χ0n) is 12.6. The lowest BCUT2D eigenvalue weighted by molar-refractivity contribution is -0.123. The number of amides is 1. The molecule has 1 aliphatic heterocycles. The quantitative estimate of drug-likeness (QED) is 0.826. The normalized spacial score (nSPS) is 16.4. The summed E-state index contributed by atoms with van der Waals surface area (Å²) in [5.74, 6) is 0.0890. The molecule has 20 heavy (non-hydrogen) atoms. The minimum absolute atomic E-state index is 0.0890. The molecule has 2 rings (SSSR count). The first-order valence-electron chi connectivity index (χ1n) is 7.14. The van der Waals surface area contributed by atoms with Gasteiger partial charge in [-0.25, -0.2) is 0 Å². The van der Waals surface area contributed by atoms with Crippen molar-refractivity contribution in [1.82, 2.24) is 20.0 Å². The summed E-state index contributed by atoms with van der Waals surface area (Å²) in [6, 6.07) is 0. The number of carbonyl (C=O) groups is 1. The van der Waals surface area contributed by atoms with Crippen LogP contribution in [0.5, 0.6) is 0 Å². The molecule has 0 spiro atoms. The Bertz CT molecular complexity index is 464. The molecule has 0 atom stereocenters. The van der Waals surface area contributed by atoms with Crippen LogP contribution in [0.25, 0.3) is 0 Å². The molecule has 1 aromatic rings. The van der Waals surface area contributed by atoms with Crippen LogP contribution in [0, 0.1) is 13.8 Å². The highest BCUT2D eigenvalue weighted by Crippen LogP contribution is 2.11. The molecule has 0 unspecified atom stereocenters. The second-order valence-electron chi connectivity index (χ2n) is 5.26. The van der Waals surface area contributed by atoms with Gasteiger partial charge in [-0.05, 0) is 25.8 Å². The van der Waals surface area contributed by atoms with E-state index in [1.807, 2.05) is 18.7 Å². The minimum atomic E-state index is 0.0890. The number of hydrogen-bond acceptors (Lipinski definition) is 4. The molecule has 6 heteroatoms. The molecule has 0 aliphatic carbocycles. The number of nitrogens with zero attached hydrogens (tertiary/aromatic N) is 3. The van der Waals surface area contributed by atoms with Crippen molar-refractivity contribution in [1.29, 1.82) is 0 Å². The molecule has 1 aromatic heterocycles. The van der Waals surface area contributed by atoms with Gasteiger partial charge in [-0.15, -0.1) is 0 Å². The summed E-state index contributed by atoms with van der Waals surface area (Å²) in [5, 5.41) is 7.37. The highest BCUT2D eigenvalue weighted by molar-refractivity contribution is 5.78. The van der Waals surface area contributed by atoms with E-state index in [2.05, 4.69) is 22.2 Å². The molecule has 0 aromatic carbocycles. The lowest BCUT2D eigenvalue weighted by Gasteiger charge is -2.25. The molecule has 1 amide bonds. The van der Waals surface area contributed by atoms with E-state index >= 15 is 0 Å². The van der Waals surface area contributed by atoms with Crippen molar-refractivity contribution in [2.24, 2.45) is 7.05 Å². The van der Waals surface area contributed by atoms with Crippen LogP contribution in [0.15, 0.2) is 0 Å². The van der Waals surface area contributed by atoms with Crippen molar-refractivity contribution in [3.8, 4) is 0 Å². The summed E-state index contributed by atoms with van der Waals surface area (Å²) in [5.41, 5.74) is 3.46. The zero-order valence-corrected chi connectivity index (χ0v) is 12.6. The molecular formula is C14H24N4O2. The van der Waals surface area contributed by atoms with Crippen LogP contribution in [-0.4, -0.2) is 60.0 Å². The average molecular weight is 280 g/mol. The van der Waals surface area contributed by atoms with Gasteiger partial charge in [0.25, 0.3) is 0 Å². The number of aromatic nitrogens is 2. The Morgan fingerprint density at radius 1 is 1.35 bits per heavy atom. The molecule has 1 aliphatic rings. The summed E-state index contributed by atoms with van der Waals surface area (Å²) >= 11 is 0. The molecule has 1 saturated heterocycles. The summed E-state index contributed by atoms with van der Waals surface area (Å²) in [4.78, 5) is 14.0. The van der Waals surface area contributed by atoms with Crippen LogP contribution in [0.2, 0.25) is 0 Å². The largest absolute Gasteiger partial charge is 0.379 e. The number of nitrogens with one attached hydrogen (secondary N) is 1. The third-order valence-electron chi connectivity index (χ3n) is 3.83. The second-order valence-corrected chi connectivity index (χ2v) is 5.26. The first-order chi connectivity index (χ1) is 9.58. The Balaban J connectivity index is 1.73. The van der Waals surface area contributed by atoms with Crippen LogP contribution >= 0.6 is 0 Å². The predicted octanol–water partition coefficient (Wildman–Crippen LogP) is 0.0278. The second kappa shape index (κ2) is 6.85. The van der Waals surface area contributed by atoms with Crippen LogP contribution in [0.4, 0.5) is 0 Å². The van der Waals surface area contributed by atoms with Gasteiger partial charge in [0.1, 0.15) is 0 Å². The van der Waals surface area contributed by atoms with Gasteiger partial charge in [-0.2, -0.15) is 5.10 Å². The van der Waals surface area contributed by atoms with E-state index in [1.54, 1.807) is 0 Å². The molecule has 0 radical (unpaired) electrons. The van der Waals surface area contributed by atoms with Crippen molar-refractivity contribution < 1.29 is 9.53 Å². The standard InChI is InChI=1S/C14H24N4O2/c1-11-13(12(2)17(3)16-11)4-5-15-14(19)10-18-6-8-20-9-7-18/h4-10H2,1-3H3,(H,15,19). The summed E-state index contributed by atoms with van der Waals surface area (Å²) < 4.78 is 7.16. The van der Waals surface area contributed by atoms with Gasteiger partial charge < -0.3 is 10.1 Å². The van der Waals surface area contributed by atoms with E-state index in [-0.39, 0.29) is 5.91 Å². The molecule has 1 fully saturated rings. The summed E-state index contributed by atoms with van der Waals surface area (Å²) in [6.07, 6.45) is 0.834. The highest BCUT2D eigenvalue weighted by atomic mass is 16.5. The van der Waals surface area contributed by atoms with E-state index in [9.17, 15) is 4.79 Å². The van der Waals surface area contributed by atoms with Gasteiger partial charge in [0.05, 0.1) is 25.5 Å². The van der Waals surface area contributed by atoms with Gasteiger partial charge in [-0.3, -0.25) is 14.4 Å². The summed E-state index contributed by atoms with van der Waals surface area (Å²) in [6.45, 7) is 8.33. The first-order valence-corrected chi connectivity index (χ1v) is 7.14. The van der Waals surface area contributed by atoms with E-state index < -0.39 is 0 Å². The monoisotopic (exact) mass is 280 g/mol. The predicted molar refractivity (Wildman–Crippen MR) is 76.7 cm³/mol. The fourth-order valence-electron chi connectivity index (χ4n) is 2.52. The maximum atomic E-state index is 11.9. The SMILES string of the molecule is Cc1nn(C)c(C)c1CCNC(=O)CN1CCOCC1. The highest BCUT2D eigenvalue weighted by Gasteiger charge is 2.14. The van der Waals surface area contributed by atoms with Crippen LogP contribution < -0.4 is 5.32 Å². The van der Waals surface area contributed by atoms with E-state index in [4.69, 9.17) is 4.74 Å². The number of rotatable bonds is 5. The Morgan fingerprint density at radius 3 is 2.65 bits per heavy atom. The van der Waals surface area contributed by atoms with Crippen molar-refractivity contribution in [2.75, 3.05) is 39.4 Å². The number of hydrogen-bond donors (Lipinski definition) is 1. The maximum Gasteiger partial charge on any atom is 0.234 e. The number of morpholine rings is 1. The third kappa shape index (κ3) is 3.80. The molecule has 0 saturated carbocycles. The Labute approximate surface area is 120 Å². The molecule has 1 N–H and O–H groups in total. The number of ether oxygens (including phenoxy) is 1. The van der Waals surface area contributed by atoms with Gasteiger partial charge >= 0.3 is 0 Å². The third-order valence-corrected chi connectivity index (χ3v) is 3.83. The van der Waals surface area contributed by atoms with Crippen molar-refractivity contribution in [3.05, 3.63) is 17.0 Å². The van der Waals surface area contributed by atoms with E-state index in [1.165, 1.54) is 11.3 Å². The number of aryl methyl sites for hydroxylation is 2. The molecule has 0 bridgehead atoms. The van der Waals surface area contributed by atoms with Crippen LogP contribution in [0.1, 0.15) is 17.0 Å². The molecule has 112 valence electrons. The Kier molecular flexibility index (Phi) is 5.14. The van der Waals surface area contributed by atoms with Crippen molar-refractivity contribution in [2.45, 2.75) is 20.3 Å². The van der Waals surface area contributed by atoms with Gasteiger partial charge in [0, 0.05) is 32.4 Å². The van der Waals surface area contributed by atoms with Crippen LogP contribution in [-0.2, 0) is 23.0 Å². The van der Waals surface area contributed by atoms with Crippen molar-refractivity contribution >= 4 is 5.91 Å². The lowest BCUT2D eigenvalue weighted by Crippen LogP contribution is -2.43. The lowest BCUT2D eigenvalue weighted by atomic mass is 10.1. The number of carbonyl (C=O) groups excluding carboxylic acids is 1. The van der Waals surface area contributed by atoms with E-state index in [0.29, 0.717) is 13.1 Å². The van der Waals surface area contributed by atoms with Gasteiger partial charge in [0.2, 0.25) is 5.91 Å². The fourth-order valence-corrected chi connectivity index (χ4v) is 2.52. The fraction of sp³-hybridized carbons (Fsp3) is 0.714. The van der Waals surface area contributed by atoms with Crippen molar-refractivity contribution in [3.63, 3.8) is 0 Å². The van der Waals surface area contributed by atoms with Gasteiger partial charge in [-0.1, -0.05) is 0 Å². The average Bonchev–Trinajstić information content (AvgIpc) is 2.66. The topological polar surface area (TPSA) is 59.4 Å². The smallest absolute Gasteiger partial charge is 0.234 e. The van der Waals surface area contributed by atoms with E-state index in [0.717, 1.165) is 38.4 Å².